The summed E-state index contributed by atoms with van der Waals surface area (Å²) in [5, 5.41) is 0. The molecular weight excluding hydrogens is 324 g/mol. The van der Waals surface area contributed by atoms with Gasteiger partial charge in [0.1, 0.15) is 0 Å². The van der Waals surface area contributed by atoms with E-state index in [2.05, 4.69) is 11.6 Å². The number of benzene rings is 1. The molecule has 132 valence electrons. The zero-order valence-electron chi connectivity index (χ0n) is 14.4. The molecule has 1 aliphatic carbocycles. The largest absolute Gasteiger partial charge is 0.312 e. The average Bonchev–Trinajstić information content (AvgIpc) is 2.99. The number of carbonyl (C=O) groups is 1. The quantitative estimate of drug-likeness (QED) is 0.908. The topological polar surface area (TPSA) is 66.5 Å². The number of nitrogens with one attached hydrogen (secondary N) is 1. The first-order valence-corrected chi connectivity index (χ1v) is 10.4. The van der Waals surface area contributed by atoms with Crippen molar-refractivity contribution in [2.24, 2.45) is 5.92 Å². The van der Waals surface area contributed by atoms with E-state index in [9.17, 15) is 13.2 Å². The van der Waals surface area contributed by atoms with Crippen LogP contribution in [0, 0.1) is 5.92 Å². The molecule has 0 spiro atoms. The highest BCUT2D eigenvalue weighted by Crippen LogP contribution is 2.31. The van der Waals surface area contributed by atoms with Crippen molar-refractivity contribution in [2.45, 2.75) is 63.3 Å². The monoisotopic (exact) mass is 350 g/mol. The Morgan fingerprint density at radius 3 is 2.75 bits per heavy atom. The molecule has 1 saturated carbocycles. The van der Waals surface area contributed by atoms with Crippen LogP contribution in [0.4, 0.5) is 5.69 Å². The summed E-state index contributed by atoms with van der Waals surface area (Å²) < 4.78 is 28.3. The number of amides is 1. The molecule has 1 aromatic carbocycles. The van der Waals surface area contributed by atoms with Gasteiger partial charge in [-0.2, -0.15) is 0 Å². The highest BCUT2D eigenvalue weighted by molar-refractivity contribution is 7.89. The van der Waals surface area contributed by atoms with Crippen LogP contribution in [0.15, 0.2) is 23.1 Å². The van der Waals surface area contributed by atoms with Gasteiger partial charge in [-0.3, -0.25) is 4.79 Å². The van der Waals surface area contributed by atoms with Crippen molar-refractivity contribution in [3.05, 3.63) is 23.8 Å². The van der Waals surface area contributed by atoms with Crippen LogP contribution in [0.5, 0.6) is 0 Å². The van der Waals surface area contributed by atoms with E-state index in [-0.39, 0.29) is 11.9 Å². The fourth-order valence-electron chi connectivity index (χ4n) is 3.75. The van der Waals surface area contributed by atoms with Crippen LogP contribution in [0.2, 0.25) is 0 Å². The Morgan fingerprint density at radius 1 is 1.29 bits per heavy atom. The van der Waals surface area contributed by atoms with Crippen molar-refractivity contribution in [1.82, 2.24) is 4.72 Å². The lowest BCUT2D eigenvalue weighted by Gasteiger charge is -2.29. The minimum absolute atomic E-state index is 0.0233. The van der Waals surface area contributed by atoms with Gasteiger partial charge in [0.25, 0.3) is 0 Å². The summed E-state index contributed by atoms with van der Waals surface area (Å²) in [4.78, 5) is 14.0. The van der Waals surface area contributed by atoms with E-state index < -0.39 is 10.0 Å². The third-order valence-electron chi connectivity index (χ3n) is 5.28. The Bertz CT molecular complexity index is 730. The van der Waals surface area contributed by atoms with E-state index >= 15 is 0 Å². The van der Waals surface area contributed by atoms with Gasteiger partial charge in [0, 0.05) is 24.7 Å². The van der Waals surface area contributed by atoms with Crippen LogP contribution in [0.25, 0.3) is 0 Å². The van der Waals surface area contributed by atoms with Gasteiger partial charge in [-0.25, -0.2) is 13.1 Å². The molecule has 0 saturated heterocycles. The van der Waals surface area contributed by atoms with Gasteiger partial charge in [-0.05, 0) is 48.9 Å². The molecule has 6 heteroatoms. The SMILES string of the molecule is CCC(=O)N1CCc2cc(S(=O)(=O)NC3CCCCC3C)ccc21. The van der Waals surface area contributed by atoms with Gasteiger partial charge < -0.3 is 4.90 Å². The summed E-state index contributed by atoms with van der Waals surface area (Å²) in [7, 11) is -3.51. The van der Waals surface area contributed by atoms with E-state index in [0.29, 0.717) is 30.2 Å². The molecule has 1 heterocycles. The van der Waals surface area contributed by atoms with E-state index in [1.165, 1.54) is 6.42 Å². The zero-order valence-corrected chi connectivity index (χ0v) is 15.2. The number of fused-ring (bicyclic) bond motifs is 1. The van der Waals surface area contributed by atoms with Crippen LogP contribution in [-0.2, 0) is 21.2 Å². The number of rotatable bonds is 4. The van der Waals surface area contributed by atoms with E-state index in [4.69, 9.17) is 0 Å². The van der Waals surface area contributed by atoms with Crippen LogP contribution in [-0.4, -0.2) is 26.9 Å². The lowest BCUT2D eigenvalue weighted by molar-refractivity contribution is -0.118. The summed E-state index contributed by atoms with van der Waals surface area (Å²) in [5.74, 6) is 0.458. The Morgan fingerprint density at radius 2 is 2.04 bits per heavy atom. The van der Waals surface area contributed by atoms with Crippen molar-refractivity contribution in [1.29, 1.82) is 0 Å². The standard InChI is InChI=1S/C18H26N2O3S/c1-3-18(21)20-11-10-14-12-15(8-9-17(14)20)24(22,23)19-16-7-5-4-6-13(16)2/h8-9,12-13,16,19H,3-7,10-11H2,1-2H3. The van der Waals surface area contributed by atoms with Crippen LogP contribution < -0.4 is 9.62 Å². The highest BCUT2D eigenvalue weighted by Gasteiger charge is 2.29. The maximum absolute atomic E-state index is 12.7. The van der Waals surface area contributed by atoms with Gasteiger partial charge in [0.2, 0.25) is 15.9 Å². The molecule has 0 bridgehead atoms. The molecule has 0 radical (unpaired) electrons. The Labute approximate surface area is 144 Å². The number of sulfonamides is 1. The molecule has 3 rings (SSSR count). The van der Waals surface area contributed by atoms with Crippen molar-refractivity contribution in [3.8, 4) is 0 Å². The second-order valence-corrected chi connectivity index (χ2v) is 8.64. The van der Waals surface area contributed by atoms with Crippen LogP contribution in [0.1, 0.15) is 51.5 Å². The maximum Gasteiger partial charge on any atom is 0.240 e. The predicted octanol–water partition coefficient (Wildman–Crippen LogP) is 2.84. The first-order chi connectivity index (χ1) is 11.4. The molecule has 0 aromatic heterocycles. The van der Waals surface area contributed by atoms with Gasteiger partial charge in [-0.1, -0.05) is 26.7 Å². The van der Waals surface area contributed by atoms with E-state index in [0.717, 1.165) is 30.5 Å². The molecule has 2 aliphatic rings. The summed E-state index contributed by atoms with van der Waals surface area (Å²) in [6.07, 6.45) is 5.41. The number of anilines is 1. The molecule has 1 N–H and O–H groups in total. The highest BCUT2D eigenvalue weighted by atomic mass is 32.2. The predicted molar refractivity (Wildman–Crippen MR) is 94.5 cm³/mol. The Hall–Kier alpha value is -1.40. The summed E-state index contributed by atoms with van der Waals surface area (Å²) in [6.45, 7) is 4.59. The third kappa shape index (κ3) is 3.35. The smallest absolute Gasteiger partial charge is 0.240 e. The molecule has 5 nitrogen and oxygen atoms in total. The minimum Gasteiger partial charge on any atom is -0.312 e. The van der Waals surface area contributed by atoms with Crippen molar-refractivity contribution < 1.29 is 13.2 Å². The fraction of sp³-hybridized carbons (Fsp3) is 0.611. The lowest BCUT2D eigenvalue weighted by atomic mass is 9.87. The normalized spacial score (nSPS) is 24.0. The van der Waals surface area contributed by atoms with E-state index in [1.54, 1.807) is 23.1 Å². The Balaban J connectivity index is 1.81. The summed E-state index contributed by atoms with van der Waals surface area (Å²) in [5.41, 5.74) is 1.79. The molecule has 2 atom stereocenters. The first kappa shape index (κ1) is 17.4. The average molecular weight is 350 g/mol. The maximum atomic E-state index is 12.7. The number of hydrogen-bond donors (Lipinski definition) is 1. The zero-order chi connectivity index (χ0) is 17.3. The minimum atomic E-state index is -3.51. The van der Waals surface area contributed by atoms with Gasteiger partial charge >= 0.3 is 0 Å². The van der Waals surface area contributed by atoms with E-state index in [1.807, 2.05) is 6.92 Å². The lowest BCUT2D eigenvalue weighted by Crippen LogP contribution is -2.41. The summed E-state index contributed by atoms with van der Waals surface area (Å²) in [6, 6.07) is 5.15. The molecule has 1 fully saturated rings. The van der Waals surface area contributed by atoms with Crippen molar-refractivity contribution in [3.63, 3.8) is 0 Å². The first-order valence-electron chi connectivity index (χ1n) is 8.88. The van der Waals surface area contributed by atoms with Crippen molar-refractivity contribution in [2.75, 3.05) is 11.4 Å². The fourth-order valence-corrected chi connectivity index (χ4v) is 5.18. The second-order valence-electron chi connectivity index (χ2n) is 6.93. The number of hydrogen-bond acceptors (Lipinski definition) is 3. The molecule has 24 heavy (non-hydrogen) atoms. The molecular formula is C18H26N2O3S. The molecule has 2 unspecified atom stereocenters. The molecule has 1 aliphatic heterocycles. The van der Waals surface area contributed by atoms with Gasteiger partial charge in [0.15, 0.2) is 0 Å². The molecule has 1 amide bonds. The third-order valence-corrected chi connectivity index (χ3v) is 6.77. The van der Waals surface area contributed by atoms with Crippen LogP contribution in [0.3, 0.4) is 0 Å². The summed E-state index contributed by atoms with van der Waals surface area (Å²) >= 11 is 0. The van der Waals surface area contributed by atoms with Gasteiger partial charge in [0.05, 0.1) is 4.90 Å². The molecule has 1 aromatic rings. The second kappa shape index (κ2) is 6.84. The number of nitrogens with zero attached hydrogens (tertiary/aromatic N) is 1. The van der Waals surface area contributed by atoms with Crippen LogP contribution >= 0.6 is 0 Å². The van der Waals surface area contributed by atoms with Gasteiger partial charge in [-0.15, -0.1) is 0 Å². The Kier molecular flexibility index (Phi) is 4.97. The number of carbonyl (C=O) groups excluding carboxylic acids is 1. The van der Waals surface area contributed by atoms with Crippen molar-refractivity contribution >= 4 is 21.6 Å².